The maximum Gasteiger partial charge on any atom is 0.270 e. The van der Waals surface area contributed by atoms with Crippen LogP contribution in [0.1, 0.15) is 27.7 Å². The number of nitriles is 1. The van der Waals surface area contributed by atoms with Gasteiger partial charge >= 0.3 is 0 Å². The molecule has 0 fully saturated rings. The number of carbonyl (C=O) groups is 1. The van der Waals surface area contributed by atoms with Crippen LogP contribution in [-0.4, -0.2) is 10.9 Å². The van der Waals surface area contributed by atoms with Crippen LogP contribution in [0.4, 0.5) is 0 Å². The highest BCUT2D eigenvalue weighted by Crippen LogP contribution is 2.06. The van der Waals surface area contributed by atoms with Gasteiger partial charge in [0.2, 0.25) is 0 Å². The molecule has 18 heavy (non-hydrogen) atoms. The average Bonchev–Trinajstić information content (AvgIpc) is 2.82. The summed E-state index contributed by atoms with van der Waals surface area (Å²) in [4.78, 5) is 15.7. The van der Waals surface area contributed by atoms with Gasteiger partial charge in [-0.25, -0.2) is 4.98 Å². The Morgan fingerprint density at radius 1 is 1.44 bits per heavy atom. The molecule has 0 radical (unpaired) electrons. The lowest BCUT2D eigenvalue weighted by Gasteiger charge is -2.02. The van der Waals surface area contributed by atoms with Crippen molar-refractivity contribution in [1.82, 2.24) is 10.3 Å². The van der Waals surface area contributed by atoms with Crippen LogP contribution in [0, 0.1) is 18.3 Å². The summed E-state index contributed by atoms with van der Waals surface area (Å²) < 4.78 is 5.33. The number of amides is 1. The van der Waals surface area contributed by atoms with Crippen molar-refractivity contribution in [2.75, 3.05) is 0 Å². The van der Waals surface area contributed by atoms with Crippen LogP contribution in [0.15, 0.2) is 34.7 Å². The van der Waals surface area contributed by atoms with Gasteiger partial charge in [0, 0.05) is 0 Å². The van der Waals surface area contributed by atoms with E-state index < -0.39 is 0 Å². The van der Waals surface area contributed by atoms with Gasteiger partial charge in [-0.05, 0) is 31.2 Å². The van der Waals surface area contributed by atoms with Crippen LogP contribution in [0.5, 0.6) is 0 Å². The van der Waals surface area contributed by atoms with Gasteiger partial charge in [0.1, 0.15) is 29.0 Å². The maximum atomic E-state index is 11.8. The second kappa shape index (κ2) is 5.15. The lowest BCUT2D eigenvalue weighted by atomic mass is 10.3. The van der Waals surface area contributed by atoms with Crippen molar-refractivity contribution in [2.24, 2.45) is 0 Å². The van der Waals surface area contributed by atoms with E-state index in [1.165, 1.54) is 0 Å². The average molecular weight is 241 g/mol. The molecule has 0 atom stereocenters. The lowest BCUT2D eigenvalue weighted by molar-refractivity contribution is 0.0943. The number of nitrogens with zero attached hydrogens (tertiary/aromatic N) is 2. The van der Waals surface area contributed by atoms with Crippen LogP contribution in [0.3, 0.4) is 0 Å². The number of rotatable bonds is 3. The normalized spacial score (nSPS) is 9.78. The third-order valence-corrected chi connectivity index (χ3v) is 2.32. The monoisotopic (exact) mass is 241 g/mol. The van der Waals surface area contributed by atoms with E-state index in [4.69, 9.17) is 9.68 Å². The molecule has 0 bridgehead atoms. The Kier molecular flexibility index (Phi) is 3.39. The summed E-state index contributed by atoms with van der Waals surface area (Å²) in [5, 5.41) is 11.4. The molecule has 90 valence electrons. The van der Waals surface area contributed by atoms with Gasteiger partial charge in [0.05, 0.1) is 6.54 Å². The van der Waals surface area contributed by atoms with Crippen molar-refractivity contribution in [2.45, 2.75) is 13.5 Å². The fraction of sp³-hybridized carbons (Fsp3) is 0.154. The van der Waals surface area contributed by atoms with Crippen molar-refractivity contribution < 1.29 is 9.21 Å². The summed E-state index contributed by atoms with van der Waals surface area (Å²) in [5.41, 5.74) is 0.439. The van der Waals surface area contributed by atoms with Gasteiger partial charge in [-0.2, -0.15) is 5.26 Å². The Labute approximate surface area is 104 Å². The second-order valence-electron chi connectivity index (χ2n) is 3.71. The standard InChI is InChI=1S/C13H11N3O2/c1-9-5-6-11(18-9)8-15-13(17)12-4-2-3-10(7-14)16-12/h2-6H,8H2,1H3,(H,15,17). The summed E-state index contributed by atoms with van der Waals surface area (Å²) in [6, 6.07) is 10.2. The molecule has 0 aromatic carbocycles. The number of aromatic nitrogens is 1. The summed E-state index contributed by atoms with van der Waals surface area (Å²) in [5.74, 6) is 1.14. The first kappa shape index (κ1) is 11.9. The smallest absolute Gasteiger partial charge is 0.270 e. The number of aryl methyl sites for hydroxylation is 1. The summed E-state index contributed by atoms with van der Waals surface area (Å²) in [7, 11) is 0. The molecule has 5 nitrogen and oxygen atoms in total. The van der Waals surface area contributed by atoms with E-state index in [9.17, 15) is 4.79 Å². The molecular formula is C13H11N3O2. The molecule has 2 aromatic heterocycles. The first-order chi connectivity index (χ1) is 8.69. The fourth-order valence-corrected chi connectivity index (χ4v) is 1.46. The van der Waals surface area contributed by atoms with Crippen molar-refractivity contribution in [3.05, 3.63) is 53.2 Å². The van der Waals surface area contributed by atoms with Gasteiger partial charge in [-0.1, -0.05) is 6.07 Å². The molecule has 0 unspecified atom stereocenters. The molecule has 1 amide bonds. The van der Waals surface area contributed by atoms with Crippen molar-refractivity contribution in [1.29, 1.82) is 5.26 Å². The molecule has 0 aliphatic heterocycles. The number of hydrogen-bond acceptors (Lipinski definition) is 4. The van der Waals surface area contributed by atoms with E-state index in [0.717, 1.165) is 5.76 Å². The van der Waals surface area contributed by atoms with Crippen LogP contribution < -0.4 is 5.32 Å². The molecular weight excluding hydrogens is 230 g/mol. The number of furan rings is 1. The number of carbonyl (C=O) groups excluding carboxylic acids is 1. The van der Waals surface area contributed by atoms with Gasteiger partial charge in [-0.15, -0.1) is 0 Å². The Hall–Kier alpha value is -2.61. The predicted octanol–water partition coefficient (Wildman–Crippen LogP) is 1.78. The minimum absolute atomic E-state index is 0.219. The van der Waals surface area contributed by atoms with E-state index >= 15 is 0 Å². The van der Waals surface area contributed by atoms with Crippen LogP contribution in [-0.2, 0) is 6.54 Å². The zero-order chi connectivity index (χ0) is 13.0. The molecule has 2 heterocycles. The largest absolute Gasteiger partial charge is 0.465 e. The molecule has 2 rings (SSSR count). The highest BCUT2D eigenvalue weighted by molar-refractivity contribution is 5.92. The van der Waals surface area contributed by atoms with E-state index in [1.54, 1.807) is 24.3 Å². The van der Waals surface area contributed by atoms with Gasteiger partial charge < -0.3 is 9.73 Å². The molecule has 0 spiro atoms. The van der Waals surface area contributed by atoms with Crippen LogP contribution >= 0.6 is 0 Å². The number of pyridine rings is 1. The lowest BCUT2D eigenvalue weighted by Crippen LogP contribution is -2.23. The molecule has 0 saturated heterocycles. The zero-order valence-electron chi connectivity index (χ0n) is 9.80. The SMILES string of the molecule is Cc1ccc(CNC(=O)c2cccc(C#N)n2)o1. The Balaban J connectivity index is 2.01. The molecule has 5 heteroatoms. The predicted molar refractivity (Wildman–Crippen MR) is 63.6 cm³/mol. The third kappa shape index (κ3) is 2.74. The summed E-state index contributed by atoms with van der Waals surface area (Å²) in [6.45, 7) is 2.13. The Bertz CT molecular complexity index is 611. The number of nitrogens with one attached hydrogen (secondary N) is 1. The van der Waals surface area contributed by atoms with Gasteiger partial charge in [0.15, 0.2) is 0 Å². The van der Waals surface area contributed by atoms with Crippen molar-refractivity contribution in [3.63, 3.8) is 0 Å². The highest BCUT2D eigenvalue weighted by atomic mass is 16.3. The van der Waals surface area contributed by atoms with Gasteiger partial charge in [-0.3, -0.25) is 4.79 Å². The number of hydrogen-bond donors (Lipinski definition) is 1. The fourth-order valence-electron chi connectivity index (χ4n) is 1.46. The molecule has 0 aliphatic carbocycles. The minimum atomic E-state index is -0.332. The van der Waals surface area contributed by atoms with E-state index in [-0.39, 0.29) is 17.3 Å². The topological polar surface area (TPSA) is 78.9 Å². The molecule has 2 aromatic rings. The van der Waals surface area contributed by atoms with Crippen LogP contribution in [0.2, 0.25) is 0 Å². The third-order valence-electron chi connectivity index (χ3n) is 2.32. The second-order valence-corrected chi connectivity index (χ2v) is 3.71. The van der Waals surface area contributed by atoms with Crippen LogP contribution in [0.25, 0.3) is 0 Å². The molecule has 0 saturated carbocycles. The Morgan fingerprint density at radius 3 is 2.94 bits per heavy atom. The van der Waals surface area contributed by atoms with E-state index in [0.29, 0.717) is 12.3 Å². The minimum Gasteiger partial charge on any atom is -0.465 e. The van der Waals surface area contributed by atoms with E-state index in [2.05, 4.69) is 10.3 Å². The van der Waals surface area contributed by atoms with E-state index in [1.807, 2.05) is 19.1 Å². The quantitative estimate of drug-likeness (QED) is 0.888. The summed E-state index contributed by atoms with van der Waals surface area (Å²) >= 11 is 0. The maximum absolute atomic E-state index is 11.8. The van der Waals surface area contributed by atoms with Crippen molar-refractivity contribution in [3.8, 4) is 6.07 Å². The van der Waals surface area contributed by atoms with Crippen molar-refractivity contribution >= 4 is 5.91 Å². The first-order valence-electron chi connectivity index (χ1n) is 5.40. The highest BCUT2D eigenvalue weighted by Gasteiger charge is 2.08. The zero-order valence-corrected chi connectivity index (χ0v) is 9.80. The first-order valence-corrected chi connectivity index (χ1v) is 5.40. The van der Waals surface area contributed by atoms with Gasteiger partial charge in [0.25, 0.3) is 5.91 Å². The molecule has 0 aliphatic rings. The Morgan fingerprint density at radius 2 is 2.28 bits per heavy atom. The summed E-state index contributed by atoms with van der Waals surface area (Å²) in [6.07, 6.45) is 0. The molecule has 1 N–H and O–H groups in total.